The number of carbonyl (C=O) groups excluding carboxylic acids is 2. The van der Waals surface area contributed by atoms with E-state index in [0.29, 0.717) is 11.1 Å². The van der Waals surface area contributed by atoms with Crippen LogP contribution in [0.1, 0.15) is 16.2 Å². The van der Waals surface area contributed by atoms with E-state index >= 15 is 0 Å². The molecule has 0 bridgehead atoms. The number of para-hydroxylation sites is 2. The molecule has 0 unspecified atom stereocenters. The van der Waals surface area contributed by atoms with Crippen LogP contribution in [-0.4, -0.2) is 23.3 Å². The summed E-state index contributed by atoms with van der Waals surface area (Å²) in [7, 11) is 0. The molecule has 1 aromatic heterocycles. The zero-order chi connectivity index (χ0) is 16.9. The van der Waals surface area contributed by atoms with Gasteiger partial charge in [0.2, 0.25) is 5.89 Å². The summed E-state index contributed by atoms with van der Waals surface area (Å²) in [4.78, 5) is 27.6. The Morgan fingerprint density at radius 2 is 2.00 bits per heavy atom. The van der Waals surface area contributed by atoms with E-state index in [1.165, 1.54) is 24.3 Å². The lowest BCUT2D eigenvalue weighted by Crippen LogP contribution is -2.12. The molecule has 1 heterocycles. The fourth-order valence-corrected chi connectivity index (χ4v) is 2.03. The molecular weight excluding hydrogens is 313 g/mol. The Bertz CT molecular complexity index is 896. The largest absolute Gasteiger partial charge is 0.454 e. The Kier molecular flexibility index (Phi) is 4.47. The highest BCUT2D eigenvalue weighted by Crippen LogP contribution is 2.15. The van der Waals surface area contributed by atoms with Gasteiger partial charge in [0.25, 0.3) is 0 Å². The summed E-state index contributed by atoms with van der Waals surface area (Å²) in [6, 6.07) is 12.4. The van der Waals surface area contributed by atoms with Crippen LogP contribution in [0, 0.1) is 5.82 Å². The normalized spacial score (nSPS) is 11.0. The molecule has 2 aromatic carbocycles. The third-order valence-corrected chi connectivity index (χ3v) is 3.16. The molecule has 0 aliphatic heterocycles. The predicted molar refractivity (Wildman–Crippen MR) is 84.7 cm³/mol. The molecule has 0 saturated carbocycles. The van der Waals surface area contributed by atoms with Crippen molar-refractivity contribution in [2.45, 2.75) is 0 Å². The average Bonchev–Trinajstić information content (AvgIpc) is 3.00. The van der Waals surface area contributed by atoms with E-state index in [1.807, 2.05) is 12.1 Å². The van der Waals surface area contributed by atoms with Crippen molar-refractivity contribution in [1.82, 2.24) is 4.98 Å². The van der Waals surface area contributed by atoms with Crippen molar-refractivity contribution in [3.8, 4) is 0 Å². The molecule has 0 spiro atoms. The van der Waals surface area contributed by atoms with E-state index in [0.717, 1.165) is 12.1 Å². The van der Waals surface area contributed by atoms with Gasteiger partial charge in [0.1, 0.15) is 11.3 Å². The molecule has 0 N–H and O–H groups in total. The van der Waals surface area contributed by atoms with Crippen LogP contribution in [-0.2, 0) is 9.53 Å². The van der Waals surface area contributed by atoms with Crippen molar-refractivity contribution < 1.29 is 23.1 Å². The third-order valence-electron chi connectivity index (χ3n) is 3.16. The zero-order valence-electron chi connectivity index (χ0n) is 12.4. The fourth-order valence-electron chi connectivity index (χ4n) is 2.03. The molecule has 0 fully saturated rings. The maximum absolute atomic E-state index is 13.0. The number of ether oxygens (including phenoxy) is 1. The van der Waals surface area contributed by atoms with Crippen molar-refractivity contribution in [3.63, 3.8) is 0 Å². The molecule has 24 heavy (non-hydrogen) atoms. The fraction of sp³-hybridized carbons (Fsp3) is 0.0556. The van der Waals surface area contributed by atoms with E-state index in [2.05, 4.69) is 4.98 Å². The van der Waals surface area contributed by atoms with Gasteiger partial charge in [-0.05, 0) is 24.3 Å². The number of carbonyl (C=O) groups is 2. The van der Waals surface area contributed by atoms with E-state index in [1.54, 1.807) is 12.1 Å². The lowest BCUT2D eigenvalue weighted by Gasteiger charge is -2.01. The van der Waals surface area contributed by atoms with Crippen molar-refractivity contribution in [2.75, 3.05) is 6.61 Å². The molecule has 0 radical (unpaired) electrons. The Balaban J connectivity index is 1.58. The molecule has 0 amide bonds. The van der Waals surface area contributed by atoms with Gasteiger partial charge in [0.05, 0.1) is 0 Å². The Labute approximate surface area is 136 Å². The van der Waals surface area contributed by atoms with Crippen LogP contribution in [0.25, 0.3) is 17.2 Å². The van der Waals surface area contributed by atoms with Crippen LogP contribution >= 0.6 is 0 Å². The number of halogens is 1. The molecule has 0 atom stereocenters. The van der Waals surface area contributed by atoms with Crippen LogP contribution < -0.4 is 0 Å². The molecule has 5 nitrogen and oxygen atoms in total. The SMILES string of the molecule is O=C(/C=C/c1nc2ccccc2o1)OCC(=O)c1cccc(F)c1. The smallest absolute Gasteiger partial charge is 0.331 e. The van der Waals surface area contributed by atoms with Gasteiger partial charge < -0.3 is 9.15 Å². The van der Waals surface area contributed by atoms with Crippen LogP contribution in [0.2, 0.25) is 0 Å². The molecule has 0 saturated heterocycles. The number of hydrogen-bond donors (Lipinski definition) is 0. The number of oxazole rings is 1. The summed E-state index contributed by atoms with van der Waals surface area (Å²) in [5.41, 5.74) is 1.42. The van der Waals surface area contributed by atoms with Crippen molar-refractivity contribution >= 4 is 28.9 Å². The van der Waals surface area contributed by atoms with Crippen LogP contribution in [0.3, 0.4) is 0 Å². The summed E-state index contributed by atoms with van der Waals surface area (Å²) >= 11 is 0. The maximum Gasteiger partial charge on any atom is 0.331 e. The maximum atomic E-state index is 13.0. The van der Waals surface area contributed by atoms with Gasteiger partial charge in [-0.1, -0.05) is 24.3 Å². The average molecular weight is 325 g/mol. The summed E-state index contributed by atoms with van der Waals surface area (Å²) in [6.07, 6.45) is 2.47. The molecular formula is C18H12FNO4. The number of nitrogens with zero attached hydrogens (tertiary/aromatic N) is 1. The van der Waals surface area contributed by atoms with E-state index in [4.69, 9.17) is 9.15 Å². The minimum Gasteiger partial charge on any atom is -0.454 e. The minimum absolute atomic E-state index is 0.144. The Morgan fingerprint density at radius 1 is 1.17 bits per heavy atom. The number of esters is 1. The topological polar surface area (TPSA) is 69.4 Å². The van der Waals surface area contributed by atoms with Crippen LogP contribution in [0.4, 0.5) is 4.39 Å². The second kappa shape index (κ2) is 6.87. The molecule has 3 rings (SSSR count). The highest BCUT2D eigenvalue weighted by molar-refractivity contribution is 5.98. The number of benzene rings is 2. The monoisotopic (exact) mass is 325 g/mol. The molecule has 0 aliphatic carbocycles. The van der Waals surface area contributed by atoms with Gasteiger partial charge in [-0.25, -0.2) is 14.2 Å². The standard InChI is InChI=1S/C18H12FNO4/c19-13-5-3-4-12(10-13)15(21)11-23-18(22)9-8-17-20-14-6-1-2-7-16(14)24-17/h1-10H,11H2/b9-8+. The molecule has 120 valence electrons. The number of aromatic nitrogens is 1. The van der Waals surface area contributed by atoms with Gasteiger partial charge in [-0.15, -0.1) is 0 Å². The summed E-state index contributed by atoms with van der Waals surface area (Å²) in [6.45, 7) is -0.472. The number of ketones is 1. The highest BCUT2D eigenvalue weighted by Gasteiger charge is 2.09. The number of rotatable bonds is 5. The van der Waals surface area contributed by atoms with Gasteiger partial charge in [0, 0.05) is 17.7 Å². The van der Waals surface area contributed by atoms with Crippen molar-refractivity contribution in [3.05, 3.63) is 71.9 Å². The Hall–Kier alpha value is -3.28. The van der Waals surface area contributed by atoms with Crippen LogP contribution in [0.15, 0.2) is 59.0 Å². The van der Waals surface area contributed by atoms with Gasteiger partial charge in [-0.3, -0.25) is 4.79 Å². The third kappa shape index (κ3) is 3.73. The first kappa shape index (κ1) is 15.6. The summed E-state index contributed by atoms with van der Waals surface area (Å²) in [5, 5.41) is 0. The first-order valence-electron chi connectivity index (χ1n) is 7.11. The quantitative estimate of drug-likeness (QED) is 0.408. The lowest BCUT2D eigenvalue weighted by molar-refractivity contribution is -0.136. The summed E-state index contributed by atoms with van der Waals surface area (Å²) < 4.78 is 23.3. The highest BCUT2D eigenvalue weighted by atomic mass is 19.1. The van der Waals surface area contributed by atoms with E-state index < -0.39 is 24.2 Å². The predicted octanol–water partition coefficient (Wildman–Crippen LogP) is 3.41. The number of fused-ring (bicyclic) bond motifs is 1. The number of Topliss-reactive ketones (excluding diaryl/α,β-unsaturated/α-hetero) is 1. The second-order valence-corrected chi connectivity index (χ2v) is 4.89. The van der Waals surface area contributed by atoms with Crippen molar-refractivity contribution in [1.29, 1.82) is 0 Å². The second-order valence-electron chi connectivity index (χ2n) is 4.89. The first-order valence-corrected chi connectivity index (χ1v) is 7.11. The van der Waals surface area contributed by atoms with E-state index in [-0.39, 0.29) is 11.5 Å². The van der Waals surface area contributed by atoms with Gasteiger partial charge in [0.15, 0.2) is 18.0 Å². The Morgan fingerprint density at radius 3 is 2.79 bits per heavy atom. The number of hydrogen-bond acceptors (Lipinski definition) is 5. The van der Waals surface area contributed by atoms with Gasteiger partial charge in [-0.2, -0.15) is 0 Å². The van der Waals surface area contributed by atoms with E-state index in [9.17, 15) is 14.0 Å². The van der Waals surface area contributed by atoms with Crippen molar-refractivity contribution in [2.24, 2.45) is 0 Å². The zero-order valence-corrected chi connectivity index (χ0v) is 12.4. The minimum atomic E-state index is -0.720. The molecule has 0 aliphatic rings. The molecule has 3 aromatic rings. The summed E-state index contributed by atoms with van der Waals surface area (Å²) in [5.74, 6) is -1.48. The van der Waals surface area contributed by atoms with Gasteiger partial charge >= 0.3 is 5.97 Å². The molecule has 6 heteroatoms. The first-order chi connectivity index (χ1) is 11.6. The van der Waals surface area contributed by atoms with Crippen LogP contribution in [0.5, 0.6) is 0 Å². The lowest BCUT2D eigenvalue weighted by atomic mass is 10.1.